The van der Waals surface area contributed by atoms with Crippen LogP contribution in [0.4, 0.5) is 10.1 Å². The first-order valence-corrected chi connectivity index (χ1v) is 7.30. The van der Waals surface area contributed by atoms with Crippen molar-refractivity contribution in [2.24, 2.45) is 4.99 Å². The Balaban J connectivity index is 2.24. The fourth-order valence-corrected chi connectivity index (χ4v) is 2.69. The number of halogens is 3. The maximum Gasteiger partial charge on any atom is 0.281 e. The van der Waals surface area contributed by atoms with Gasteiger partial charge in [0.2, 0.25) is 0 Å². The number of nitrogens with one attached hydrogen (secondary N) is 1. The Bertz CT molecular complexity index is 763. The topological polar surface area (TPSA) is 41.5 Å². The van der Waals surface area contributed by atoms with Gasteiger partial charge in [0.1, 0.15) is 0 Å². The number of alkyl halides is 1. The van der Waals surface area contributed by atoms with E-state index in [1.165, 1.54) is 0 Å². The number of hydrogen-bond acceptors (Lipinski definition) is 2. The van der Waals surface area contributed by atoms with E-state index < -0.39 is 12.2 Å². The number of anilines is 1. The van der Waals surface area contributed by atoms with E-state index >= 15 is 0 Å². The number of hydrogen-bond donors (Lipinski definition) is 1. The van der Waals surface area contributed by atoms with Crippen molar-refractivity contribution in [3.05, 3.63) is 63.1 Å². The lowest BCUT2D eigenvalue weighted by Crippen LogP contribution is -2.21. The van der Waals surface area contributed by atoms with Crippen LogP contribution in [0, 0.1) is 0 Å². The number of aliphatic imine (C=N–C) groups is 1. The van der Waals surface area contributed by atoms with E-state index in [9.17, 15) is 9.18 Å². The first kappa shape index (κ1) is 14.2. The monoisotopic (exact) mass is 366 g/mol. The van der Waals surface area contributed by atoms with E-state index in [1.54, 1.807) is 24.3 Å². The Morgan fingerprint density at radius 1 is 1.24 bits per heavy atom. The van der Waals surface area contributed by atoms with Gasteiger partial charge in [0.15, 0.2) is 0 Å². The molecule has 1 atom stereocenters. The lowest BCUT2D eigenvalue weighted by molar-refractivity contribution is -0.120. The molecule has 0 saturated heterocycles. The summed E-state index contributed by atoms with van der Waals surface area (Å²) in [4.78, 5) is 15.6. The van der Waals surface area contributed by atoms with Gasteiger partial charge in [-0.2, -0.15) is 0 Å². The third kappa shape index (κ3) is 2.84. The van der Waals surface area contributed by atoms with Gasteiger partial charge in [0, 0.05) is 20.6 Å². The number of nitrogens with zero attached hydrogens (tertiary/aromatic N) is 1. The Labute approximate surface area is 134 Å². The maximum atomic E-state index is 13.9. The molecule has 2 aromatic carbocycles. The van der Waals surface area contributed by atoms with Gasteiger partial charge >= 0.3 is 0 Å². The van der Waals surface area contributed by atoms with Gasteiger partial charge in [-0.05, 0) is 30.3 Å². The predicted molar refractivity (Wildman–Crippen MR) is 84.8 cm³/mol. The molecule has 1 heterocycles. The molecule has 0 spiro atoms. The maximum absolute atomic E-state index is 13.9. The molecule has 0 saturated carbocycles. The minimum atomic E-state index is -1.95. The van der Waals surface area contributed by atoms with Gasteiger partial charge in [-0.15, -0.1) is 0 Å². The van der Waals surface area contributed by atoms with Crippen LogP contribution in [0.1, 0.15) is 11.1 Å². The molecule has 1 unspecified atom stereocenters. The second-order valence-corrected chi connectivity index (χ2v) is 5.86. The Morgan fingerprint density at radius 3 is 2.81 bits per heavy atom. The summed E-state index contributed by atoms with van der Waals surface area (Å²) in [6.07, 6.45) is -1.95. The molecule has 6 heteroatoms. The predicted octanol–water partition coefficient (Wildman–Crippen LogP) is 4.19. The largest absolute Gasteiger partial charge is 0.321 e. The molecule has 106 valence electrons. The second kappa shape index (κ2) is 5.58. The third-order valence-corrected chi connectivity index (χ3v) is 3.78. The lowest BCUT2D eigenvalue weighted by atomic mass is 10.0. The van der Waals surface area contributed by atoms with Crippen LogP contribution in [0.5, 0.6) is 0 Å². The SMILES string of the molecule is O=C1Nc2ccc(Cl)cc2C(c2cccc(Br)c2)=NC1F. The van der Waals surface area contributed by atoms with Crippen molar-refractivity contribution in [2.45, 2.75) is 6.30 Å². The van der Waals surface area contributed by atoms with E-state index in [0.29, 0.717) is 27.5 Å². The molecule has 0 bridgehead atoms. The highest BCUT2D eigenvalue weighted by molar-refractivity contribution is 9.10. The molecule has 1 amide bonds. The van der Waals surface area contributed by atoms with Crippen LogP contribution in [0.25, 0.3) is 0 Å². The Hall–Kier alpha value is -1.72. The minimum absolute atomic E-state index is 0.389. The Morgan fingerprint density at radius 2 is 2.05 bits per heavy atom. The van der Waals surface area contributed by atoms with Crippen LogP contribution in [0.3, 0.4) is 0 Å². The summed E-state index contributed by atoms with van der Waals surface area (Å²) in [6, 6.07) is 12.2. The molecule has 1 aliphatic rings. The first-order valence-electron chi connectivity index (χ1n) is 6.13. The molecule has 0 aliphatic carbocycles. The fourth-order valence-electron chi connectivity index (χ4n) is 2.12. The smallest absolute Gasteiger partial charge is 0.281 e. The fraction of sp³-hybridized carbons (Fsp3) is 0.0667. The van der Waals surface area contributed by atoms with Crippen molar-refractivity contribution in [1.82, 2.24) is 0 Å². The number of benzene rings is 2. The van der Waals surface area contributed by atoms with Gasteiger partial charge in [-0.3, -0.25) is 4.79 Å². The highest BCUT2D eigenvalue weighted by Gasteiger charge is 2.25. The van der Waals surface area contributed by atoms with Crippen LogP contribution in [-0.4, -0.2) is 17.9 Å². The molecule has 0 aromatic heterocycles. The number of carbonyl (C=O) groups is 1. The van der Waals surface area contributed by atoms with Crippen molar-refractivity contribution < 1.29 is 9.18 Å². The van der Waals surface area contributed by atoms with Gasteiger partial charge in [-0.1, -0.05) is 39.7 Å². The highest BCUT2D eigenvalue weighted by Crippen LogP contribution is 2.28. The zero-order valence-corrected chi connectivity index (χ0v) is 13.0. The molecule has 3 rings (SSSR count). The molecular formula is C15H9BrClFN2O. The highest BCUT2D eigenvalue weighted by atomic mass is 79.9. The minimum Gasteiger partial charge on any atom is -0.321 e. The number of benzodiazepines with no additional fused rings is 1. The molecule has 2 aromatic rings. The van der Waals surface area contributed by atoms with Crippen LogP contribution >= 0.6 is 27.5 Å². The number of amides is 1. The van der Waals surface area contributed by atoms with Crippen molar-refractivity contribution in [3.8, 4) is 0 Å². The summed E-state index contributed by atoms with van der Waals surface area (Å²) < 4.78 is 14.7. The van der Waals surface area contributed by atoms with E-state index in [2.05, 4.69) is 26.2 Å². The summed E-state index contributed by atoms with van der Waals surface area (Å²) in [5.41, 5.74) is 2.17. The summed E-state index contributed by atoms with van der Waals surface area (Å²) in [5, 5.41) is 3.00. The van der Waals surface area contributed by atoms with E-state index in [-0.39, 0.29) is 0 Å². The van der Waals surface area contributed by atoms with Gasteiger partial charge in [0.25, 0.3) is 12.2 Å². The van der Waals surface area contributed by atoms with E-state index in [0.717, 1.165) is 4.47 Å². The quantitative estimate of drug-likeness (QED) is 0.755. The molecule has 3 nitrogen and oxygen atoms in total. The molecule has 0 radical (unpaired) electrons. The molecule has 1 aliphatic heterocycles. The zero-order chi connectivity index (χ0) is 15.0. The average molecular weight is 368 g/mol. The second-order valence-electron chi connectivity index (χ2n) is 4.50. The summed E-state index contributed by atoms with van der Waals surface area (Å²) in [5.74, 6) is -0.788. The van der Waals surface area contributed by atoms with E-state index in [4.69, 9.17) is 11.6 Å². The van der Waals surface area contributed by atoms with Crippen LogP contribution < -0.4 is 5.32 Å². The van der Waals surface area contributed by atoms with Gasteiger partial charge in [0.05, 0.1) is 11.4 Å². The van der Waals surface area contributed by atoms with Crippen molar-refractivity contribution >= 4 is 44.8 Å². The van der Waals surface area contributed by atoms with Crippen LogP contribution in [0.15, 0.2) is 51.9 Å². The standard InChI is InChI=1S/C15H9BrClFN2O/c16-9-3-1-2-8(6-9)13-11-7-10(17)4-5-12(11)19-15(21)14(18)20-13/h1-7,14H,(H,19,21). The third-order valence-electron chi connectivity index (χ3n) is 3.05. The van der Waals surface area contributed by atoms with Crippen molar-refractivity contribution in [2.75, 3.05) is 5.32 Å². The van der Waals surface area contributed by atoms with Crippen molar-refractivity contribution in [3.63, 3.8) is 0 Å². The number of rotatable bonds is 1. The normalized spacial score (nSPS) is 17.6. The molecule has 21 heavy (non-hydrogen) atoms. The zero-order valence-electron chi connectivity index (χ0n) is 10.6. The number of fused-ring (bicyclic) bond motifs is 1. The summed E-state index contributed by atoms with van der Waals surface area (Å²) >= 11 is 9.39. The molecule has 0 fully saturated rings. The van der Waals surface area contributed by atoms with Crippen LogP contribution in [-0.2, 0) is 4.79 Å². The first-order chi connectivity index (χ1) is 10.0. The van der Waals surface area contributed by atoms with Gasteiger partial charge in [-0.25, -0.2) is 9.38 Å². The number of carbonyl (C=O) groups excluding carboxylic acids is 1. The molecular weight excluding hydrogens is 359 g/mol. The van der Waals surface area contributed by atoms with Crippen molar-refractivity contribution in [1.29, 1.82) is 0 Å². The van der Waals surface area contributed by atoms with Gasteiger partial charge < -0.3 is 5.32 Å². The lowest BCUT2D eigenvalue weighted by Gasteiger charge is -2.10. The van der Waals surface area contributed by atoms with E-state index in [1.807, 2.05) is 18.2 Å². The Kier molecular flexibility index (Phi) is 3.78. The molecule has 1 N–H and O–H groups in total. The summed E-state index contributed by atoms with van der Waals surface area (Å²) in [6.45, 7) is 0. The average Bonchev–Trinajstić information content (AvgIpc) is 2.57. The van der Waals surface area contributed by atoms with Crippen LogP contribution in [0.2, 0.25) is 5.02 Å². The summed E-state index contributed by atoms with van der Waals surface area (Å²) in [7, 11) is 0.